The summed E-state index contributed by atoms with van der Waals surface area (Å²) in [6.45, 7) is 0. The van der Waals surface area contributed by atoms with Gasteiger partial charge in [0.15, 0.2) is 0 Å². The molecular weight excluding hydrogens is 245 g/mol. The van der Waals surface area contributed by atoms with Gasteiger partial charge in [0.25, 0.3) is 0 Å². The van der Waals surface area contributed by atoms with Crippen molar-refractivity contribution in [1.82, 2.24) is 0 Å². The van der Waals surface area contributed by atoms with Crippen molar-refractivity contribution in [2.75, 3.05) is 5.06 Å². The molecule has 2 nitrogen and oxygen atoms in total. The van der Waals surface area contributed by atoms with Gasteiger partial charge in [0, 0.05) is 10.0 Å². The maximum atomic E-state index is 9.96. The fourth-order valence-electron chi connectivity index (χ4n) is 1.36. The molecular formula is C12H9Cl2NO. The molecule has 16 heavy (non-hydrogen) atoms. The van der Waals surface area contributed by atoms with Gasteiger partial charge in [0.05, 0.1) is 11.4 Å². The van der Waals surface area contributed by atoms with Crippen LogP contribution in [0.1, 0.15) is 0 Å². The molecule has 0 aliphatic carbocycles. The second kappa shape index (κ2) is 4.74. The molecule has 4 heteroatoms. The standard InChI is InChI=1S/C12H9Cl2NO/c13-9-3-1-5-11(7-9)15(16)12-6-2-4-10(14)8-12/h1-8,16H. The minimum atomic E-state index is 0.568. The molecule has 0 aromatic heterocycles. The van der Waals surface area contributed by atoms with E-state index in [1.807, 2.05) is 0 Å². The van der Waals surface area contributed by atoms with Crippen LogP contribution in [0.15, 0.2) is 48.5 Å². The van der Waals surface area contributed by atoms with Crippen molar-refractivity contribution in [3.05, 3.63) is 58.6 Å². The van der Waals surface area contributed by atoms with E-state index >= 15 is 0 Å². The third-order valence-corrected chi connectivity index (χ3v) is 2.58. The molecule has 0 heterocycles. The first-order valence-corrected chi connectivity index (χ1v) is 5.42. The lowest BCUT2D eigenvalue weighted by Crippen LogP contribution is -2.10. The highest BCUT2D eigenvalue weighted by atomic mass is 35.5. The Morgan fingerprint density at radius 1 is 0.812 bits per heavy atom. The van der Waals surface area contributed by atoms with Crippen molar-refractivity contribution in [3.8, 4) is 0 Å². The molecule has 0 spiro atoms. The maximum Gasteiger partial charge on any atom is 0.0707 e. The Labute approximate surface area is 104 Å². The topological polar surface area (TPSA) is 23.5 Å². The molecule has 82 valence electrons. The largest absolute Gasteiger partial charge is 0.284 e. The van der Waals surface area contributed by atoms with E-state index < -0.39 is 0 Å². The average molecular weight is 254 g/mol. The lowest BCUT2D eigenvalue weighted by Gasteiger charge is -2.17. The first-order valence-electron chi connectivity index (χ1n) is 4.67. The van der Waals surface area contributed by atoms with Crippen LogP contribution in [0.2, 0.25) is 10.0 Å². The molecule has 0 saturated carbocycles. The summed E-state index contributed by atoms with van der Waals surface area (Å²) < 4.78 is 0. The molecule has 0 amide bonds. The summed E-state index contributed by atoms with van der Waals surface area (Å²) in [5, 5.41) is 12.1. The van der Waals surface area contributed by atoms with Crippen molar-refractivity contribution in [2.45, 2.75) is 0 Å². The van der Waals surface area contributed by atoms with E-state index in [2.05, 4.69) is 0 Å². The van der Waals surface area contributed by atoms with E-state index in [1.54, 1.807) is 48.5 Å². The molecule has 0 unspecified atom stereocenters. The summed E-state index contributed by atoms with van der Waals surface area (Å²) >= 11 is 11.7. The van der Waals surface area contributed by atoms with Crippen LogP contribution in [-0.2, 0) is 0 Å². The summed E-state index contributed by atoms with van der Waals surface area (Å²) in [4.78, 5) is 0. The Bertz CT molecular complexity index is 456. The molecule has 0 saturated heterocycles. The summed E-state index contributed by atoms with van der Waals surface area (Å²) in [6, 6.07) is 13.9. The van der Waals surface area contributed by atoms with Crippen molar-refractivity contribution in [3.63, 3.8) is 0 Å². The minimum absolute atomic E-state index is 0.568. The van der Waals surface area contributed by atoms with Crippen LogP contribution >= 0.6 is 23.2 Å². The van der Waals surface area contributed by atoms with Gasteiger partial charge in [0.1, 0.15) is 0 Å². The number of anilines is 2. The number of hydrogen-bond donors (Lipinski definition) is 1. The first-order chi connectivity index (χ1) is 7.66. The van der Waals surface area contributed by atoms with Crippen LogP contribution in [0, 0.1) is 0 Å². The van der Waals surface area contributed by atoms with Gasteiger partial charge < -0.3 is 0 Å². The van der Waals surface area contributed by atoms with Gasteiger partial charge in [-0.2, -0.15) is 0 Å². The van der Waals surface area contributed by atoms with Crippen molar-refractivity contribution in [2.24, 2.45) is 0 Å². The minimum Gasteiger partial charge on any atom is -0.284 e. The third kappa shape index (κ3) is 2.47. The summed E-state index contributed by atoms with van der Waals surface area (Å²) in [5.41, 5.74) is 1.18. The van der Waals surface area contributed by atoms with Gasteiger partial charge in [0.2, 0.25) is 0 Å². The van der Waals surface area contributed by atoms with Gasteiger partial charge in [-0.1, -0.05) is 35.3 Å². The quantitative estimate of drug-likeness (QED) is 0.796. The molecule has 0 aliphatic rings. The van der Waals surface area contributed by atoms with Gasteiger partial charge in [-0.05, 0) is 36.4 Å². The van der Waals surface area contributed by atoms with Gasteiger partial charge >= 0.3 is 0 Å². The predicted molar refractivity (Wildman–Crippen MR) is 66.8 cm³/mol. The van der Waals surface area contributed by atoms with E-state index in [0.717, 1.165) is 5.06 Å². The van der Waals surface area contributed by atoms with E-state index in [4.69, 9.17) is 23.2 Å². The Hall–Kier alpha value is -1.22. The molecule has 0 radical (unpaired) electrons. The number of hydrogen-bond acceptors (Lipinski definition) is 2. The van der Waals surface area contributed by atoms with Crippen LogP contribution < -0.4 is 5.06 Å². The summed E-state index contributed by atoms with van der Waals surface area (Å²) in [6.07, 6.45) is 0. The van der Waals surface area contributed by atoms with Crippen LogP contribution in [0.5, 0.6) is 0 Å². The second-order valence-corrected chi connectivity index (χ2v) is 4.14. The zero-order valence-corrected chi connectivity index (χ0v) is 9.78. The van der Waals surface area contributed by atoms with E-state index in [1.165, 1.54) is 0 Å². The molecule has 1 N–H and O–H groups in total. The zero-order chi connectivity index (χ0) is 11.5. The SMILES string of the molecule is ON(c1cccc(Cl)c1)c1cccc(Cl)c1. The normalized spacial score (nSPS) is 10.2. The number of rotatable bonds is 2. The van der Waals surface area contributed by atoms with E-state index in [0.29, 0.717) is 21.4 Å². The molecule has 0 fully saturated rings. The van der Waals surface area contributed by atoms with Crippen molar-refractivity contribution in [1.29, 1.82) is 0 Å². The predicted octanol–water partition coefficient (Wildman–Crippen LogP) is 4.52. The van der Waals surface area contributed by atoms with Crippen LogP contribution in [0.25, 0.3) is 0 Å². The Morgan fingerprint density at radius 3 is 1.62 bits per heavy atom. The highest BCUT2D eigenvalue weighted by Gasteiger charge is 2.06. The number of nitrogens with zero attached hydrogens (tertiary/aromatic N) is 1. The molecule has 0 aliphatic heterocycles. The Balaban J connectivity index is 2.35. The number of halogens is 2. The first kappa shape index (κ1) is 11.3. The zero-order valence-electron chi connectivity index (χ0n) is 8.27. The number of benzene rings is 2. The summed E-state index contributed by atoms with van der Waals surface area (Å²) in [7, 11) is 0. The fraction of sp³-hybridized carbons (Fsp3) is 0. The van der Waals surface area contributed by atoms with E-state index in [-0.39, 0.29) is 0 Å². The Kier molecular flexibility index (Phi) is 3.34. The highest BCUT2D eigenvalue weighted by molar-refractivity contribution is 6.31. The second-order valence-electron chi connectivity index (χ2n) is 3.27. The average Bonchev–Trinajstić information content (AvgIpc) is 2.28. The van der Waals surface area contributed by atoms with Crippen molar-refractivity contribution >= 4 is 34.6 Å². The Morgan fingerprint density at radius 2 is 1.25 bits per heavy atom. The van der Waals surface area contributed by atoms with Gasteiger partial charge in [-0.3, -0.25) is 5.21 Å². The van der Waals surface area contributed by atoms with Crippen LogP contribution in [0.3, 0.4) is 0 Å². The molecule has 0 bridgehead atoms. The molecule has 0 atom stereocenters. The third-order valence-electron chi connectivity index (χ3n) is 2.11. The van der Waals surface area contributed by atoms with E-state index in [9.17, 15) is 5.21 Å². The lowest BCUT2D eigenvalue weighted by molar-refractivity contribution is 0.301. The van der Waals surface area contributed by atoms with Crippen LogP contribution in [0.4, 0.5) is 11.4 Å². The monoisotopic (exact) mass is 253 g/mol. The lowest BCUT2D eigenvalue weighted by atomic mass is 10.2. The smallest absolute Gasteiger partial charge is 0.0707 e. The van der Waals surface area contributed by atoms with Crippen molar-refractivity contribution < 1.29 is 5.21 Å². The molecule has 2 aromatic carbocycles. The summed E-state index contributed by atoms with van der Waals surface area (Å²) in [5.74, 6) is 0. The molecule has 2 aromatic rings. The molecule has 2 rings (SSSR count). The van der Waals surface area contributed by atoms with Gasteiger partial charge in [-0.25, -0.2) is 5.06 Å². The maximum absolute atomic E-state index is 9.96. The highest BCUT2D eigenvalue weighted by Crippen LogP contribution is 2.27. The van der Waals surface area contributed by atoms with Gasteiger partial charge in [-0.15, -0.1) is 0 Å². The fourth-order valence-corrected chi connectivity index (χ4v) is 1.73. The van der Waals surface area contributed by atoms with Crippen LogP contribution in [-0.4, -0.2) is 5.21 Å².